The minimum Gasteiger partial charge on any atom is -0.329 e. The Balaban J connectivity index is 1.41. The van der Waals surface area contributed by atoms with Gasteiger partial charge in [0, 0.05) is 35.6 Å². The number of carbonyl (C=O) groups is 1. The van der Waals surface area contributed by atoms with Gasteiger partial charge >= 0.3 is 0 Å². The van der Waals surface area contributed by atoms with Crippen LogP contribution in [0.4, 0.5) is 11.4 Å². The molecular formula is C25H24N4O3S2. The van der Waals surface area contributed by atoms with Crippen LogP contribution in [-0.4, -0.2) is 23.9 Å². The molecule has 1 heterocycles. The molecule has 174 valence electrons. The lowest BCUT2D eigenvalue weighted by Crippen LogP contribution is -2.15. The number of imidazole rings is 1. The fourth-order valence-electron chi connectivity index (χ4n) is 3.22. The monoisotopic (exact) mass is 492 g/mol. The van der Waals surface area contributed by atoms with Crippen LogP contribution >= 0.6 is 11.8 Å². The molecule has 0 aliphatic rings. The van der Waals surface area contributed by atoms with Crippen LogP contribution in [0.15, 0.2) is 94.1 Å². The number of carbonyl (C=O) groups excluding carboxylic acids is 1. The second-order valence-corrected chi connectivity index (χ2v) is 10.5. The minimum absolute atomic E-state index is 0.0839. The van der Waals surface area contributed by atoms with Crippen LogP contribution in [0, 0.1) is 13.8 Å². The van der Waals surface area contributed by atoms with Gasteiger partial charge in [-0.3, -0.25) is 9.52 Å². The lowest BCUT2D eigenvalue weighted by Gasteiger charge is -2.12. The maximum Gasteiger partial charge on any atom is 0.261 e. The largest absolute Gasteiger partial charge is 0.329 e. The Morgan fingerprint density at radius 1 is 0.971 bits per heavy atom. The van der Waals surface area contributed by atoms with E-state index in [0.717, 1.165) is 21.2 Å². The molecule has 1 amide bonds. The number of hydrogen-bond acceptors (Lipinski definition) is 5. The summed E-state index contributed by atoms with van der Waals surface area (Å²) in [6, 6.07) is 18.7. The number of aryl methyl sites for hydroxylation is 2. The molecule has 0 fully saturated rings. The van der Waals surface area contributed by atoms with E-state index in [1.165, 1.54) is 36.0 Å². The Labute approximate surface area is 203 Å². The highest BCUT2D eigenvalue weighted by Crippen LogP contribution is 2.27. The molecule has 4 rings (SSSR count). The number of anilines is 2. The highest BCUT2D eigenvalue weighted by Gasteiger charge is 2.17. The molecule has 34 heavy (non-hydrogen) atoms. The van der Waals surface area contributed by atoms with Crippen LogP contribution in [-0.2, 0) is 17.1 Å². The minimum atomic E-state index is -3.77. The summed E-state index contributed by atoms with van der Waals surface area (Å²) in [5.74, 6) is -0.323. The number of hydrogen-bond donors (Lipinski definition) is 2. The van der Waals surface area contributed by atoms with Gasteiger partial charge in [0.25, 0.3) is 15.9 Å². The number of benzene rings is 3. The molecule has 0 aliphatic carbocycles. The third-order valence-electron chi connectivity index (χ3n) is 5.37. The SMILES string of the molecule is Cc1cccc(NS(=O)(=O)c2ccc(C(=O)Nc3ccc(Sc4nccn4C)cc3)cc2)c1C. The molecule has 9 heteroatoms. The average molecular weight is 493 g/mol. The quantitative estimate of drug-likeness (QED) is 0.368. The van der Waals surface area contributed by atoms with Gasteiger partial charge in [0.1, 0.15) is 0 Å². The first-order valence-electron chi connectivity index (χ1n) is 10.5. The fourth-order valence-corrected chi connectivity index (χ4v) is 5.14. The summed E-state index contributed by atoms with van der Waals surface area (Å²) >= 11 is 1.53. The van der Waals surface area contributed by atoms with E-state index in [1.807, 2.05) is 62.0 Å². The lowest BCUT2D eigenvalue weighted by atomic mass is 10.1. The summed E-state index contributed by atoms with van der Waals surface area (Å²) < 4.78 is 30.1. The zero-order valence-electron chi connectivity index (χ0n) is 18.9. The van der Waals surface area contributed by atoms with Crippen molar-refractivity contribution in [1.29, 1.82) is 0 Å². The van der Waals surface area contributed by atoms with Crippen LogP contribution in [0.2, 0.25) is 0 Å². The van der Waals surface area contributed by atoms with Gasteiger partial charge < -0.3 is 9.88 Å². The molecule has 4 aromatic rings. The van der Waals surface area contributed by atoms with Crippen LogP contribution in [0.3, 0.4) is 0 Å². The number of aromatic nitrogens is 2. The number of amides is 1. The third-order valence-corrected chi connectivity index (χ3v) is 7.84. The Bertz CT molecular complexity index is 1430. The fraction of sp³-hybridized carbons (Fsp3) is 0.120. The lowest BCUT2D eigenvalue weighted by molar-refractivity contribution is 0.102. The van der Waals surface area contributed by atoms with Crippen molar-refractivity contribution in [1.82, 2.24) is 9.55 Å². The van der Waals surface area contributed by atoms with Gasteiger partial charge in [-0.1, -0.05) is 23.9 Å². The predicted octanol–water partition coefficient (Wildman–Crippen LogP) is 5.24. The van der Waals surface area contributed by atoms with E-state index in [0.29, 0.717) is 16.9 Å². The van der Waals surface area contributed by atoms with Gasteiger partial charge in [-0.05, 0) is 79.6 Å². The topological polar surface area (TPSA) is 93.1 Å². The first-order chi connectivity index (χ1) is 16.2. The van der Waals surface area contributed by atoms with Crippen molar-refractivity contribution >= 4 is 39.1 Å². The smallest absolute Gasteiger partial charge is 0.261 e. The normalized spacial score (nSPS) is 11.3. The molecule has 0 atom stereocenters. The van der Waals surface area contributed by atoms with Gasteiger partial charge in [-0.25, -0.2) is 13.4 Å². The van der Waals surface area contributed by atoms with E-state index >= 15 is 0 Å². The molecule has 0 aliphatic heterocycles. The Morgan fingerprint density at radius 3 is 2.32 bits per heavy atom. The standard InChI is InChI=1S/C25H24N4O3S2/c1-17-5-4-6-23(18(17)2)28-34(31,32)22-13-7-19(8-14-22)24(30)27-20-9-11-21(12-10-20)33-25-26-15-16-29(25)3/h4-16,28H,1-3H3,(H,27,30). The first kappa shape index (κ1) is 23.6. The molecule has 0 bridgehead atoms. The number of sulfonamides is 1. The van der Waals surface area contributed by atoms with Crippen molar-refractivity contribution in [2.24, 2.45) is 7.05 Å². The molecule has 1 aromatic heterocycles. The van der Waals surface area contributed by atoms with E-state index in [4.69, 9.17) is 0 Å². The van der Waals surface area contributed by atoms with Crippen molar-refractivity contribution in [3.05, 3.63) is 95.8 Å². The zero-order valence-corrected chi connectivity index (χ0v) is 20.6. The third kappa shape index (κ3) is 5.32. The maximum atomic E-state index is 12.8. The number of nitrogens with one attached hydrogen (secondary N) is 2. The van der Waals surface area contributed by atoms with Crippen molar-refractivity contribution in [2.75, 3.05) is 10.0 Å². The predicted molar refractivity (Wildman–Crippen MR) is 135 cm³/mol. The van der Waals surface area contributed by atoms with E-state index in [9.17, 15) is 13.2 Å². The molecule has 0 spiro atoms. The molecule has 0 radical (unpaired) electrons. The van der Waals surface area contributed by atoms with Gasteiger partial charge in [0.05, 0.1) is 10.6 Å². The molecule has 0 saturated carbocycles. The number of nitrogens with zero attached hydrogens (tertiary/aromatic N) is 2. The van der Waals surface area contributed by atoms with Crippen LogP contribution in [0.5, 0.6) is 0 Å². The Kier molecular flexibility index (Phi) is 6.76. The van der Waals surface area contributed by atoms with Crippen molar-refractivity contribution in [3.63, 3.8) is 0 Å². The summed E-state index contributed by atoms with van der Waals surface area (Å²) in [5.41, 5.74) is 3.40. The molecule has 3 aromatic carbocycles. The van der Waals surface area contributed by atoms with Gasteiger partial charge in [-0.2, -0.15) is 0 Å². The van der Waals surface area contributed by atoms with E-state index in [1.54, 1.807) is 18.3 Å². The van der Waals surface area contributed by atoms with Gasteiger partial charge in [-0.15, -0.1) is 0 Å². The van der Waals surface area contributed by atoms with E-state index < -0.39 is 10.0 Å². The molecule has 7 nitrogen and oxygen atoms in total. The summed E-state index contributed by atoms with van der Waals surface area (Å²) in [6.45, 7) is 3.79. The highest BCUT2D eigenvalue weighted by molar-refractivity contribution is 7.99. The van der Waals surface area contributed by atoms with Crippen LogP contribution in [0.1, 0.15) is 21.5 Å². The van der Waals surface area contributed by atoms with Crippen molar-refractivity contribution < 1.29 is 13.2 Å². The molecule has 0 unspecified atom stereocenters. The molecular weight excluding hydrogens is 468 g/mol. The molecule has 0 saturated heterocycles. The van der Waals surface area contributed by atoms with Crippen LogP contribution < -0.4 is 10.0 Å². The Morgan fingerprint density at radius 2 is 1.68 bits per heavy atom. The molecule has 2 N–H and O–H groups in total. The zero-order chi connectivity index (χ0) is 24.3. The first-order valence-corrected chi connectivity index (χ1v) is 12.8. The van der Waals surface area contributed by atoms with Crippen LogP contribution in [0.25, 0.3) is 0 Å². The Hall–Kier alpha value is -3.56. The van der Waals surface area contributed by atoms with Gasteiger partial charge in [0.2, 0.25) is 0 Å². The highest BCUT2D eigenvalue weighted by atomic mass is 32.2. The van der Waals surface area contributed by atoms with E-state index in [2.05, 4.69) is 15.0 Å². The maximum absolute atomic E-state index is 12.8. The second kappa shape index (κ2) is 9.74. The van der Waals surface area contributed by atoms with Gasteiger partial charge in [0.15, 0.2) is 5.16 Å². The number of rotatable bonds is 7. The summed E-state index contributed by atoms with van der Waals surface area (Å²) in [7, 11) is -1.84. The van der Waals surface area contributed by atoms with E-state index in [-0.39, 0.29) is 10.8 Å². The summed E-state index contributed by atoms with van der Waals surface area (Å²) in [6.07, 6.45) is 3.63. The summed E-state index contributed by atoms with van der Waals surface area (Å²) in [5, 5.41) is 3.71. The second-order valence-electron chi connectivity index (χ2n) is 7.78. The van der Waals surface area contributed by atoms with Crippen molar-refractivity contribution in [3.8, 4) is 0 Å². The average Bonchev–Trinajstić information content (AvgIpc) is 3.22. The van der Waals surface area contributed by atoms with Crippen molar-refractivity contribution in [2.45, 2.75) is 28.8 Å². The summed E-state index contributed by atoms with van der Waals surface area (Å²) in [4.78, 5) is 18.0.